The highest BCUT2D eigenvalue weighted by Crippen LogP contribution is 2.22. The molecule has 8 nitrogen and oxygen atoms in total. The standard InChI is InChI=1S/C33H43N3O5S/c1-25-17-19-28(20-18-25)36(42(6,39)40)21-11-16-31(37)35(24-27-14-10-15-29(22-27)41-5)30(32(38)34-33(2,3)4)23-26-12-8-7-9-13-26/h7-10,12-15,17-20,22,30H,11,16,21,23-24H2,1-6H3,(H,34,38)/t30-/m0/s1. The molecule has 226 valence electrons. The summed E-state index contributed by atoms with van der Waals surface area (Å²) in [7, 11) is -1.98. The predicted molar refractivity (Wildman–Crippen MR) is 168 cm³/mol. The van der Waals surface area contributed by atoms with Crippen LogP contribution >= 0.6 is 0 Å². The van der Waals surface area contributed by atoms with Crippen LogP contribution in [0.3, 0.4) is 0 Å². The second-order valence-corrected chi connectivity index (χ2v) is 13.5. The number of carbonyl (C=O) groups excluding carboxylic acids is 2. The first kappa shape index (κ1) is 32.7. The second kappa shape index (κ2) is 14.4. The Kier molecular flexibility index (Phi) is 11.2. The molecule has 0 aliphatic carbocycles. The summed E-state index contributed by atoms with van der Waals surface area (Å²) in [5.74, 6) is 0.167. The van der Waals surface area contributed by atoms with Gasteiger partial charge in [0.1, 0.15) is 11.8 Å². The number of anilines is 1. The molecule has 0 fully saturated rings. The first-order valence-corrected chi connectivity index (χ1v) is 15.9. The summed E-state index contributed by atoms with van der Waals surface area (Å²) in [5.41, 5.74) is 2.82. The molecule has 0 bridgehead atoms. The van der Waals surface area contributed by atoms with Crippen molar-refractivity contribution in [3.63, 3.8) is 0 Å². The maximum atomic E-state index is 14.0. The molecule has 1 N–H and O–H groups in total. The average molecular weight is 594 g/mol. The van der Waals surface area contributed by atoms with Gasteiger partial charge in [0, 0.05) is 31.5 Å². The molecule has 0 heterocycles. The van der Waals surface area contributed by atoms with Gasteiger partial charge in [-0.2, -0.15) is 0 Å². The molecule has 2 amide bonds. The number of sulfonamides is 1. The van der Waals surface area contributed by atoms with Crippen molar-refractivity contribution in [2.24, 2.45) is 0 Å². The summed E-state index contributed by atoms with van der Waals surface area (Å²) in [6.45, 7) is 7.99. The first-order valence-electron chi connectivity index (χ1n) is 14.1. The van der Waals surface area contributed by atoms with E-state index < -0.39 is 21.6 Å². The van der Waals surface area contributed by atoms with E-state index in [9.17, 15) is 18.0 Å². The molecule has 1 atom stereocenters. The van der Waals surface area contributed by atoms with Gasteiger partial charge in [-0.3, -0.25) is 13.9 Å². The molecule has 0 spiro atoms. The lowest BCUT2D eigenvalue weighted by atomic mass is 10.00. The number of nitrogens with one attached hydrogen (secondary N) is 1. The smallest absolute Gasteiger partial charge is 0.243 e. The highest BCUT2D eigenvalue weighted by atomic mass is 32.2. The molecule has 3 aromatic carbocycles. The lowest BCUT2D eigenvalue weighted by Gasteiger charge is -2.34. The third-order valence-corrected chi connectivity index (χ3v) is 7.92. The van der Waals surface area contributed by atoms with Crippen LogP contribution in [0.2, 0.25) is 0 Å². The van der Waals surface area contributed by atoms with Gasteiger partial charge < -0.3 is 15.0 Å². The average Bonchev–Trinajstić information content (AvgIpc) is 2.92. The van der Waals surface area contributed by atoms with E-state index in [-0.39, 0.29) is 37.7 Å². The Bertz CT molecular complexity index is 1430. The highest BCUT2D eigenvalue weighted by Gasteiger charge is 2.32. The summed E-state index contributed by atoms with van der Waals surface area (Å²) >= 11 is 0. The molecule has 0 aromatic heterocycles. The number of rotatable bonds is 13. The third-order valence-electron chi connectivity index (χ3n) is 6.73. The van der Waals surface area contributed by atoms with Gasteiger partial charge in [0.2, 0.25) is 21.8 Å². The van der Waals surface area contributed by atoms with Crippen molar-refractivity contribution in [2.45, 2.75) is 65.1 Å². The lowest BCUT2D eigenvalue weighted by Crippen LogP contribution is -2.54. The van der Waals surface area contributed by atoms with Gasteiger partial charge in [0.25, 0.3) is 0 Å². The van der Waals surface area contributed by atoms with Crippen molar-refractivity contribution in [2.75, 3.05) is 24.2 Å². The fraction of sp³-hybridized carbons (Fsp3) is 0.394. The quantitative estimate of drug-likeness (QED) is 0.297. The molecule has 0 saturated carbocycles. The Morgan fingerprint density at radius 2 is 1.57 bits per heavy atom. The molecule has 0 unspecified atom stereocenters. The summed E-state index contributed by atoms with van der Waals surface area (Å²) in [5, 5.41) is 3.06. The summed E-state index contributed by atoms with van der Waals surface area (Å²) in [6.07, 6.45) is 1.84. The van der Waals surface area contributed by atoms with Gasteiger partial charge in [-0.05, 0) is 69.5 Å². The first-order chi connectivity index (χ1) is 19.8. The Labute approximate surface area is 250 Å². The normalized spacial score (nSPS) is 12.3. The Hall–Kier alpha value is -3.85. The zero-order chi connectivity index (χ0) is 30.9. The third kappa shape index (κ3) is 9.91. The number of nitrogens with zero attached hydrogens (tertiary/aromatic N) is 2. The van der Waals surface area contributed by atoms with Gasteiger partial charge in [0.05, 0.1) is 19.1 Å². The lowest BCUT2D eigenvalue weighted by molar-refractivity contribution is -0.142. The van der Waals surface area contributed by atoms with E-state index in [4.69, 9.17) is 4.74 Å². The van der Waals surface area contributed by atoms with Gasteiger partial charge in [0.15, 0.2) is 0 Å². The van der Waals surface area contributed by atoms with Crippen LogP contribution in [0.5, 0.6) is 5.75 Å². The van der Waals surface area contributed by atoms with Gasteiger partial charge in [-0.25, -0.2) is 8.42 Å². The van der Waals surface area contributed by atoms with E-state index in [1.54, 1.807) is 24.1 Å². The Morgan fingerprint density at radius 1 is 0.929 bits per heavy atom. The monoisotopic (exact) mass is 593 g/mol. The van der Waals surface area contributed by atoms with Gasteiger partial charge in [-0.1, -0.05) is 60.2 Å². The maximum Gasteiger partial charge on any atom is 0.243 e. The fourth-order valence-electron chi connectivity index (χ4n) is 4.69. The predicted octanol–water partition coefficient (Wildman–Crippen LogP) is 5.10. The number of aryl methyl sites for hydroxylation is 1. The maximum absolute atomic E-state index is 14.0. The molecular weight excluding hydrogens is 550 g/mol. The number of methoxy groups -OCH3 is 1. The summed E-state index contributed by atoms with van der Waals surface area (Å²) < 4.78 is 32.0. The van der Waals surface area contributed by atoms with E-state index in [0.717, 1.165) is 22.9 Å². The van der Waals surface area contributed by atoms with Crippen LogP contribution in [0.25, 0.3) is 0 Å². The van der Waals surface area contributed by atoms with Crippen LogP contribution in [0.4, 0.5) is 5.69 Å². The number of hydrogen-bond acceptors (Lipinski definition) is 5. The minimum atomic E-state index is -3.57. The molecule has 0 saturated heterocycles. The fourth-order valence-corrected chi connectivity index (χ4v) is 5.65. The van der Waals surface area contributed by atoms with E-state index in [1.165, 1.54) is 4.31 Å². The largest absolute Gasteiger partial charge is 0.497 e. The molecule has 3 aromatic rings. The molecule has 0 radical (unpaired) electrons. The Morgan fingerprint density at radius 3 is 2.17 bits per heavy atom. The molecule has 3 rings (SSSR count). The molecule has 0 aliphatic heterocycles. The van der Waals surface area contributed by atoms with E-state index in [2.05, 4.69) is 5.32 Å². The minimum Gasteiger partial charge on any atom is -0.497 e. The molecule has 42 heavy (non-hydrogen) atoms. The van der Waals surface area contributed by atoms with Crippen LogP contribution < -0.4 is 14.4 Å². The number of ether oxygens (including phenoxy) is 1. The van der Waals surface area contributed by atoms with E-state index >= 15 is 0 Å². The van der Waals surface area contributed by atoms with Gasteiger partial charge in [-0.15, -0.1) is 0 Å². The minimum absolute atomic E-state index is 0.0654. The number of carbonyl (C=O) groups is 2. The van der Waals surface area contributed by atoms with Crippen LogP contribution in [0.15, 0.2) is 78.9 Å². The SMILES string of the molecule is COc1cccc(CN(C(=O)CCCN(c2ccc(C)cc2)S(C)(=O)=O)[C@@H](Cc2ccccc2)C(=O)NC(C)(C)C)c1. The number of hydrogen-bond donors (Lipinski definition) is 1. The second-order valence-electron chi connectivity index (χ2n) is 11.6. The van der Waals surface area contributed by atoms with Crippen LogP contribution in [0, 0.1) is 6.92 Å². The van der Waals surface area contributed by atoms with Crippen molar-refractivity contribution in [1.82, 2.24) is 10.2 Å². The van der Waals surface area contributed by atoms with Crippen molar-refractivity contribution in [3.05, 3.63) is 95.6 Å². The van der Waals surface area contributed by atoms with Crippen LogP contribution in [0.1, 0.15) is 50.3 Å². The topological polar surface area (TPSA) is 96.0 Å². The zero-order valence-electron chi connectivity index (χ0n) is 25.5. The van der Waals surface area contributed by atoms with Crippen molar-refractivity contribution in [1.29, 1.82) is 0 Å². The van der Waals surface area contributed by atoms with Crippen LogP contribution in [-0.4, -0.2) is 56.6 Å². The number of benzene rings is 3. The van der Waals surface area contributed by atoms with Crippen molar-refractivity contribution < 1.29 is 22.7 Å². The molecular formula is C33H43N3O5S. The van der Waals surface area contributed by atoms with Crippen molar-refractivity contribution in [3.8, 4) is 5.75 Å². The van der Waals surface area contributed by atoms with Crippen LogP contribution in [-0.2, 0) is 32.6 Å². The van der Waals surface area contributed by atoms with Crippen molar-refractivity contribution >= 4 is 27.5 Å². The molecule has 0 aliphatic rings. The molecule has 9 heteroatoms. The summed E-state index contributed by atoms with van der Waals surface area (Å²) in [4.78, 5) is 29.3. The number of amides is 2. The van der Waals surface area contributed by atoms with E-state index in [1.807, 2.05) is 94.4 Å². The Balaban J connectivity index is 1.91. The zero-order valence-corrected chi connectivity index (χ0v) is 26.3. The van der Waals surface area contributed by atoms with Gasteiger partial charge >= 0.3 is 0 Å². The van der Waals surface area contributed by atoms with E-state index in [0.29, 0.717) is 17.9 Å². The summed E-state index contributed by atoms with van der Waals surface area (Å²) in [6, 6.07) is 23.5. The highest BCUT2D eigenvalue weighted by molar-refractivity contribution is 7.92.